The molecule has 1 atom stereocenters. The van der Waals surface area contributed by atoms with Gasteiger partial charge in [0.05, 0.1) is 16.3 Å². The van der Waals surface area contributed by atoms with E-state index in [1.165, 1.54) is 18.2 Å². The second-order valence-electron chi connectivity index (χ2n) is 4.50. The molecule has 0 radical (unpaired) electrons. The van der Waals surface area contributed by atoms with Gasteiger partial charge in [0.2, 0.25) is 5.91 Å². The number of nitrogens with zero attached hydrogens (tertiary/aromatic N) is 1. The maximum absolute atomic E-state index is 11.9. The van der Waals surface area contributed by atoms with E-state index in [2.05, 4.69) is 5.32 Å². The Bertz CT molecular complexity index is 556. The fraction of sp³-hybridized carbons (Fsp3) is 0.333. The van der Waals surface area contributed by atoms with Crippen LogP contribution in [0.4, 0.5) is 17.1 Å². The van der Waals surface area contributed by atoms with Crippen LogP contribution in [-0.2, 0) is 9.59 Å². The van der Waals surface area contributed by atoms with Crippen molar-refractivity contribution in [3.63, 3.8) is 0 Å². The molecule has 0 heterocycles. The molecule has 0 aliphatic heterocycles. The molecule has 1 unspecified atom stereocenters. The van der Waals surface area contributed by atoms with Gasteiger partial charge in [0.25, 0.3) is 5.69 Å². The number of ketones is 1. The van der Waals surface area contributed by atoms with Crippen molar-refractivity contribution in [1.82, 2.24) is 0 Å². The van der Waals surface area contributed by atoms with Crippen LogP contribution in [0.15, 0.2) is 18.2 Å². The third kappa shape index (κ3) is 2.87. The van der Waals surface area contributed by atoms with Gasteiger partial charge in [-0.05, 0) is 12.5 Å². The smallest absolute Gasteiger partial charge is 0.271 e. The molecule has 0 spiro atoms. The first-order chi connectivity index (χ1) is 8.97. The maximum Gasteiger partial charge on any atom is 0.271 e. The molecule has 1 saturated carbocycles. The molecule has 2 rings (SSSR count). The van der Waals surface area contributed by atoms with E-state index in [1.807, 2.05) is 0 Å². The van der Waals surface area contributed by atoms with E-state index in [-0.39, 0.29) is 35.4 Å². The molecule has 7 heteroatoms. The highest BCUT2D eigenvalue weighted by Crippen LogP contribution is 2.27. The number of nitrogens with two attached hydrogens (primary N) is 1. The number of hydrogen-bond acceptors (Lipinski definition) is 5. The molecular weight excluding hydrogens is 250 g/mol. The summed E-state index contributed by atoms with van der Waals surface area (Å²) in [7, 11) is 0. The van der Waals surface area contributed by atoms with Crippen molar-refractivity contribution >= 4 is 28.8 Å². The first-order valence-electron chi connectivity index (χ1n) is 5.84. The second-order valence-corrected chi connectivity index (χ2v) is 4.50. The van der Waals surface area contributed by atoms with Gasteiger partial charge in [-0.3, -0.25) is 19.7 Å². The van der Waals surface area contributed by atoms with Crippen molar-refractivity contribution in [2.45, 2.75) is 19.3 Å². The Hall–Kier alpha value is -2.44. The predicted octanol–water partition coefficient (Wildman–Crippen LogP) is 1.48. The Balaban J connectivity index is 2.09. The monoisotopic (exact) mass is 263 g/mol. The summed E-state index contributed by atoms with van der Waals surface area (Å²) in [4.78, 5) is 33.0. The molecule has 100 valence electrons. The lowest BCUT2D eigenvalue weighted by Crippen LogP contribution is -2.21. The number of nitrogens with one attached hydrogen (secondary N) is 1. The fourth-order valence-corrected chi connectivity index (χ4v) is 2.05. The number of Topliss-reactive ketones (excluding diaryl/α,β-unsaturated/α-hetero) is 1. The third-order valence-electron chi connectivity index (χ3n) is 3.12. The highest BCUT2D eigenvalue weighted by molar-refractivity contribution is 5.99. The average Bonchev–Trinajstić information content (AvgIpc) is 2.78. The van der Waals surface area contributed by atoms with Crippen molar-refractivity contribution in [2.75, 3.05) is 11.1 Å². The van der Waals surface area contributed by atoms with Crippen LogP contribution in [0.5, 0.6) is 0 Å². The SMILES string of the molecule is Nc1cc([N+](=O)[O-])ccc1NC(=O)C1CCC(=O)C1. The third-order valence-corrected chi connectivity index (χ3v) is 3.12. The number of non-ortho nitro benzene ring substituents is 1. The lowest BCUT2D eigenvalue weighted by atomic mass is 10.1. The number of rotatable bonds is 3. The highest BCUT2D eigenvalue weighted by Gasteiger charge is 2.28. The molecule has 1 amide bonds. The minimum absolute atomic E-state index is 0.0804. The van der Waals surface area contributed by atoms with Gasteiger partial charge in [-0.1, -0.05) is 0 Å². The van der Waals surface area contributed by atoms with Gasteiger partial charge in [-0.25, -0.2) is 0 Å². The largest absolute Gasteiger partial charge is 0.397 e. The number of nitro groups is 1. The molecule has 1 aromatic carbocycles. The van der Waals surface area contributed by atoms with E-state index in [1.54, 1.807) is 0 Å². The van der Waals surface area contributed by atoms with Gasteiger partial charge in [-0.15, -0.1) is 0 Å². The fourth-order valence-electron chi connectivity index (χ4n) is 2.05. The van der Waals surface area contributed by atoms with E-state index in [0.717, 1.165) is 0 Å². The number of anilines is 2. The summed E-state index contributed by atoms with van der Waals surface area (Å²) in [5.41, 5.74) is 5.97. The summed E-state index contributed by atoms with van der Waals surface area (Å²) < 4.78 is 0. The molecule has 0 saturated heterocycles. The Kier molecular flexibility index (Phi) is 3.46. The van der Waals surface area contributed by atoms with Gasteiger partial charge >= 0.3 is 0 Å². The van der Waals surface area contributed by atoms with Gasteiger partial charge < -0.3 is 11.1 Å². The summed E-state index contributed by atoms with van der Waals surface area (Å²) in [5.74, 6) is -0.523. The van der Waals surface area contributed by atoms with Crippen molar-refractivity contribution in [2.24, 2.45) is 5.92 Å². The van der Waals surface area contributed by atoms with Crippen molar-refractivity contribution in [3.8, 4) is 0 Å². The minimum atomic E-state index is -0.558. The second kappa shape index (κ2) is 5.05. The van der Waals surface area contributed by atoms with Crippen LogP contribution >= 0.6 is 0 Å². The van der Waals surface area contributed by atoms with Crippen LogP contribution in [0, 0.1) is 16.0 Å². The highest BCUT2D eigenvalue weighted by atomic mass is 16.6. The van der Waals surface area contributed by atoms with E-state index in [4.69, 9.17) is 5.73 Å². The van der Waals surface area contributed by atoms with Crippen LogP contribution in [0.1, 0.15) is 19.3 Å². The van der Waals surface area contributed by atoms with Crippen LogP contribution in [-0.4, -0.2) is 16.6 Å². The molecule has 0 aromatic heterocycles. The number of benzene rings is 1. The van der Waals surface area contributed by atoms with Gasteiger partial charge in [-0.2, -0.15) is 0 Å². The molecule has 1 fully saturated rings. The van der Waals surface area contributed by atoms with Crippen molar-refractivity contribution in [1.29, 1.82) is 0 Å². The molecule has 3 N–H and O–H groups in total. The molecule has 1 aromatic rings. The van der Waals surface area contributed by atoms with E-state index >= 15 is 0 Å². The minimum Gasteiger partial charge on any atom is -0.397 e. The summed E-state index contributed by atoms with van der Waals surface area (Å²) in [6.45, 7) is 0. The number of amides is 1. The zero-order chi connectivity index (χ0) is 14.0. The molecule has 7 nitrogen and oxygen atoms in total. The number of carbonyl (C=O) groups excluding carboxylic acids is 2. The molecule has 0 bridgehead atoms. The zero-order valence-corrected chi connectivity index (χ0v) is 10.1. The number of nitro benzene ring substituents is 1. The molecule has 1 aliphatic carbocycles. The Labute approximate surface area is 108 Å². The summed E-state index contributed by atoms with van der Waals surface area (Å²) in [5, 5.41) is 13.2. The number of carbonyl (C=O) groups is 2. The van der Waals surface area contributed by atoms with Crippen LogP contribution in [0.3, 0.4) is 0 Å². The molecule has 19 heavy (non-hydrogen) atoms. The van der Waals surface area contributed by atoms with Gasteiger partial charge in [0, 0.05) is 30.9 Å². The predicted molar refractivity (Wildman–Crippen MR) is 68.5 cm³/mol. The summed E-state index contributed by atoms with van der Waals surface area (Å²) >= 11 is 0. The van der Waals surface area contributed by atoms with E-state index in [0.29, 0.717) is 18.5 Å². The Morgan fingerprint density at radius 3 is 2.74 bits per heavy atom. The van der Waals surface area contributed by atoms with E-state index < -0.39 is 4.92 Å². The first-order valence-corrected chi connectivity index (χ1v) is 5.84. The topological polar surface area (TPSA) is 115 Å². The summed E-state index contributed by atoms with van der Waals surface area (Å²) in [6, 6.07) is 3.85. The van der Waals surface area contributed by atoms with Gasteiger partial charge in [0.1, 0.15) is 5.78 Å². The summed E-state index contributed by atoms with van der Waals surface area (Å²) in [6.07, 6.45) is 1.21. The maximum atomic E-state index is 11.9. The lowest BCUT2D eigenvalue weighted by molar-refractivity contribution is -0.384. The zero-order valence-electron chi connectivity index (χ0n) is 10.1. The standard InChI is InChI=1S/C12H13N3O4/c13-10-6-8(15(18)19)2-4-11(10)14-12(17)7-1-3-9(16)5-7/h2,4,6-7H,1,3,5,13H2,(H,14,17). The Morgan fingerprint density at radius 1 is 1.47 bits per heavy atom. The van der Waals surface area contributed by atoms with Gasteiger partial charge in [0.15, 0.2) is 0 Å². The number of hydrogen-bond donors (Lipinski definition) is 2. The van der Waals surface area contributed by atoms with E-state index in [9.17, 15) is 19.7 Å². The van der Waals surface area contributed by atoms with Crippen molar-refractivity contribution in [3.05, 3.63) is 28.3 Å². The normalized spacial score (nSPS) is 18.3. The lowest BCUT2D eigenvalue weighted by Gasteiger charge is -2.11. The average molecular weight is 263 g/mol. The van der Waals surface area contributed by atoms with Crippen LogP contribution in [0.25, 0.3) is 0 Å². The quantitative estimate of drug-likeness (QED) is 0.487. The Morgan fingerprint density at radius 2 is 2.21 bits per heavy atom. The molecule has 1 aliphatic rings. The first kappa shape index (κ1) is 13.0. The van der Waals surface area contributed by atoms with Crippen LogP contribution < -0.4 is 11.1 Å². The van der Waals surface area contributed by atoms with Crippen LogP contribution in [0.2, 0.25) is 0 Å². The number of nitrogen functional groups attached to an aromatic ring is 1. The van der Waals surface area contributed by atoms with Crippen molar-refractivity contribution < 1.29 is 14.5 Å². The molecular formula is C12H13N3O4.